The van der Waals surface area contributed by atoms with E-state index >= 15 is 0 Å². The maximum Gasteiger partial charge on any atom is 0.272 e. The molecular weight excluding hydrogens is 450 g/mol. The highest BCUT2D eigenvalue weighted by atomic mass is 16.2. The SMILES string of the molecule is O=C(c1cccc(C(=O)N2CCc3[nH]c4ccccc4c3C2)n1)N1CCc2[nH]c3ccccc3c2C1. The second-order valence-corrected chi connectivity index (χ2v) is 9.62. The Balaban J connectivity index is 1.13. The van der Waals surface area contributed by atoms with Gasteiger partial charge in [0.1, 0.15) is 11.4 Å². The summed E-state index contributed by atoms with van der Waals surface area (Å²) in [6, 6.07) is 21.6. The monoisotopic (exact) mass is 475 g/mol. The van der Waals surface area contributed by atoms with E-state index in [9.17, 15) is 9.59 Å². The molecule has 0 atom stereocenters. The van der Waals surface area contributed by atoms with Crippen LogP contribution in [0, 0.1) is 0 Å². The summed E-state index contributed by atoms with van der Waals surface area (Å²) in [6.45, 7) is 2.31. The Labute approximate surface area is 207 Å². The second kappa shape index (κ2) is 8.09. The van der Waals surface area contributed by atoms with Crippen molar-refractivity contribution in [1.82, 2.24) is 24.8 Å². The summed E-state index contributed by atoms with van der Waals surface area (Å²) in [7, 11) is 0. The molecule has 2 N–H and O–H groups in total. The molecular formula is C29H25N5O2. The van der Waals surface area contributed by atoms with Gasteiger partial charge in [-0.15, -0.1) is 0 Å². The largest absolute Gasteiger partial charge is 0.358 e. The van der Waals surface area contributed by atoms with E-state index < -0.39 is 0 Å². The van der Waals surface area contributed by atoms with E-state index in [1.165, 1.54) is 22.5 Å². The Morgan fingerprint density at radius 1 is 0.639 bits per heavy atom. The van der Waals surface area contributed by atoms with Crippen LogP contribution in [-0.2, 0) is 25.9 Å². The Bertz CT molecular complexity index is 1540. The fraction of sp³-hybridized carbons (Fsp3) is 0.207. The number of pyridine rings is 1. The highest BCUT2D eigenvalue weighted by Gasteiger charge is 2.28. The fourth-order valence-corrected chi connectivity index (χ4v) is 5.68. The minimum absolute atomic E-state index is 0.141. The summed E-state index contributed by atoms with van der Waals surface area (Å²) >= 11 is 0. The maximum atomic E-state index is 13.4. The van der Waals surface area contributed by atoms with Gasteiger partial charge in [0, 0.05) is 83.3 Å². The van der Waals surface area contributed by atoms with Gasteiger partial charge in [0.05, 0.1) is 0 Å². The molecule has 7 nitrogen and oxygen atoms in total. The number of H-pyrrole nitrogens is 2. The molecule has 5 aromatic rings. The third kappa shape index (κ3) is 3.31. The lowest BCUT2D eigenvalue weighted by Crippen LogP contribution is -2.38. The van der Waals surface area contributed by atoms with Crippen LogP contribution in [0.25, 0.3) is 21.8 Å². The molecule has 36 heavy (non-hydrogen) atoms. The van der Waals surface area contributed by atoms with Gasteiger partial charge in [0.2, 0.25) is 0 Å². The summed E-state index contributed by atoms with van der Waals surface area (Å²) in [5, 5.41) is 2.31. The van der Waals surface area contributed by atoms with Crippen LogP contribution in [0.15, 0.2) is 66.7 Å². The zero-order chi connectivity index (χ0) is 24.2. The maximum absolute atomic E-state index is 13.4. The van der Waals surface area contributed by atoms with Gasteiger partial charge in [-0.2, -0.15) is 0 Å². The molecule has 2 aliphatic heterocycles. The van der Waals surface area contributed by atoms with Crippen molar-refractivity contribution in [2.75, 3.05) is 13.1 Å². The van der Waals surface area contributed by atoms with Gasteiger partial charge in [-0.3, -0.25) is 9.59 Å². The zero-order valence-corrected chi connectivity index (χ0v) is 19.8. The molecule has 7 rings (SSSR count). The van der Waals surface area contributed by atoms with Gasteiger partial charge in [-0.1, -0.05) is 42.5 Å². The van der Waals surface area contributed by atoms with E-state index in [1.807, 2.05) is 34.1 Å². The van der Waals surface area contributed by atoms with Crippen molar-refractivity contribution in [3.63, 3.8) is 0 Å². The third-order valence-electron chi connectivity index (χ3n) is 7.53. The topological polar surface area (TPSA) is 85.1 Å². The second-order valence-electron chi connectivity index (χ2n) is 9.62. The third-order valence-corrected chi connectivity index (χ3v) is 7.53. The van der Waals surface area contributed by atoms with E-state index in [4.69, 9.17) is 0 Å². The lowest BCUT2D eigenvalue weighted by molar-refractivity contribution is 0.0721. The summed E-state index contributed by atoms with van der Waals surface area (Å²) in [5.74, 6) is -0.281. The predicted molar refractivity (Wildman–Crippen MR) is 138 cm³/mol. The highest BCUT2D eigenvalue weighted by molar-refractivity contribution is 5.97. The molecule has 0 spiro atoms. The number of benzene rings is 2. The van der Waals surface area contributed by atoms with Gasteiger partial charge < -0.3 is 19.8 Å². The normalized spacial score (nSPS) is 15.2. The number of nitrogens with one attached hydrogen (secondary N) is 2. The number of carbonyl (C=O) groups is 2. The van der Waals surface area contributed by atoms with Crippen LogP contribution in [0.5, 0.6) is 0 Å². The molecule has 2 aliphatic rings. The zero-order valence-electron chi connectivity index (χ0n) is 19.8. The van der Waals surface area contributed by atoms with Crippen LogP contribution in [0.4, 0.5) is 0 Å². The first kappa shape index (κ1) is 20.9. The van der Waals surface area contributed by atoms with E-state index in [1.54, 1.807) is 18.2 Å². The van der Waals surface area contributed by atoms with Gasteiger partial charge in [0.25, 0.3) is 11.8 Å². The molecule has 0 saturated carbocycles. The quantitative estimate of drug-likeness (QED) is 0.396. The van der Waals surface area contributed by atoms with Gasteiger partial charge in [0.15, 0.2) is 0 Å². The molecule has 2 amide bonds. The number of nitrogens with zero attached hydrogens (tertiary/aromatic N) is 3. The lowest BCUT2D eigenvalue weighted by atomic mass is 10.0. The van der Waals surface area contributed by atoms with Crippen molar-refractivity contribution in [2.45, 2.75) is 25.9 Å². The average Bonchev–Trinajstić information content (AvgIpc) is 3.49. The first-order valence-electron chi connectivity index (χ1n) is 12.4. The molecule has 0 bridgehead atoms. The molecule has 3 aromatic heterocycles. The summed E-state index contributed by atoms with van der Waals surface area (Å²) < 4.78 is 0. The molecule has 0 aliphatic carbocycles. The molecule has 178 valence electrons. The molecule has 2 aromatic carbocycles. The number of fused-ring (bicyclic) bond motifs is 6. The molecule has 0 radical (unpaired) electrons. The molecule has 0 unspecified atom stereocenters. The summed E-state index contributed by atoms with van der Waals surface area (Å²) in [5.41, 5.74) is 7.55. The van der Waals surface area contributed by atoms with Crippen molar-refractivity contribution in [2.24, 2.45) is 0 Å². The number of aromatic nitrogens is 3. The van der Waals surface area contributed by atoms with E-state index in [0.717, 1.165) is 34.6 Å². The standard InChI is InChI=1S/C29H25N5O2/c35-28(33-14-12-24-20(16-33)18-6-1-3-8-22(18)30-24)26-10-5-11-27(32-26)29(36)34-15-13-25-21(17-34)19-7-2-4-9-23(19)31-25/h1-11,30-31H,12-17H2. The number of para-hydroxylation sites is 2. The van der Waals surface area contributed by atoms with E-state index in [2.05, 4.69) is 39.2 Å². The number of hydrogen-bond donors (Lipinski definition) is 2. The minimum atomic E-state index is -0.141. The van der Waals surface area contributed by atoms with Crippen LogP contribution < -0.4 is 0 Å². The smallest absolute Gasteiger partial charge is 0.272 e. The lowest BCUT2D eigenvalue weighted by Gasteiger charge is -2.28. The van der Waals surface area contributed by atoms with E-state index in [0.29, 0.717) is 37.6 Å². The van der Waals surface area contributed by atoms with Crippen molar-refractivity contribution in [3.05, 3.63) is 101 Å². The van der Waals surface area contributed by atoms with Gasteiger partial charge >= 0.3 is 0 Å². The number of rotatable bonds is 2. The average molecular weight is 476 g/mol. The number of hydrogen-bond acceptors (Lipinski definition) is 3. The molecule has 7 heteroatoms. The molecule has 0 saturated heterocycles. The molecule has 0 fully saturated rings. The van der Waals surface area contributed by atoms with Crippen LogP contribution in [0.3, 0.4) is 0 Å². The van der Waals surface area contributed by atoms with Crippen LogP contribution in [0.1, 0.15) is 43.5 Å². The van der Waals surface area contributed by atoms with Crippen LogP contribution in [-0.4, -0.2) is 49.7 Å². The first-order chi connectivity index (χ1) is 17.7. The summed E-state index contributed by atoms with van der Waals surface area (Å²) in [6.07, 6.45) is 1.55. The first-order valence-corrected chi connectivity index (χ1v) is 12.4. The predicted octanol–water partition coefficient (Wildman–Crippen LogP) is 4.44. The van der Waals surface area contributed by atoms with E-state index in [-0.39, 0.29) is 11.8 Å². The van der Waals surface area contributed by atoms with Crippen LogP contribution >= 0.6 is 0 Å². The molecule has 5 heterocycles. The highest BCUT2D eigenvalue weighted by Crippen LogP contribution is 2.29. The Morgan fingerprint density at radius 3 is 1.61 bits per heavy atom. The Morgan fingerprint density at radius 2 is 1.11 bits per heavy atom. The minimum Gasteiger partial charge on any atom is -0.358 e. The Kier molecular flexibility index (Phi) is 4.70. The number of amides is 2. The van der Waals surface area contributed by atoms with Gasteiger partial charge in [-0.05, 0) is 24.3 Å². The van der Waals surface area contributed by atoms with Crippen molar-refractivity contribution >= 4 is 33.6 Å². The van der Waals surface area contributed by atoms with Crippen molar-refractivity contribution in [3.8, 4) is 0 Å². The van der Waals surface area contributed by atoms with Gasteiger partial charge in [-0.25, -0.2) is 4.98 Å². The van der Waals surface area contributed by atoms with Crippen molar-refractivity contribution < 1.29 is 9.59 Å². The number of aromatic amines is 2. The Hall–Kier alpha value is -4.39. The van der Waals surface area contributed by atoms with Crippen LogP contribution in [0.2, 0.25) is 0 Å². The fourth-order valence-electron chi connectivity index (χ4n) is 5.68. The van der Waals surface area contributed by atoms with Crippen molar-refractivity contribution in [1.29, 1.82) is 0 Å². The number of carbonyl (C=O) groups excluding carboxylic acids is 2. The summed E-state index contributed by atoms with van der Waals surface area (Å²) in [4.78, 5) is 42.0.